The van der Waals surface area contributed by atoms with Crippen molar-refractivity contribution < 1.29 is 0 Å². The lowest BCUT2D eigenvalue weighted by molar-refractivity contribution is 0.131. The molecule has 1 aliphatic carbocycles. The SMILES string of the molecule is CC1CCCCC12CCNC2. The van der Waals surface area contributed by atoms with Crippen molar-refractivity contribution in [3.05, 3.63) is 0 Å². The molecule has 1 saturated heterocycles. The Morgan fingerprint density at radius 2 is 2.18 bits per heavy atom. The van der Waals surface area contributed by atoms with E-state index in [1.807, 2.05) is 0 Å². The molecule has 0 bridgehead atoms. The summed E-state index contributed by atoms with van der Waals surface area (Å²) in [5.74, 6) is 0.978. The van der Waals surface area contributed by atoms with Crippen LogP contribution in [0.3, 0.4) is 0 Å². The van der Waals surface area contributed by atoms with Crippen LogP contribution in [-0.2, 0) is 0 Å². The van der Waals surface area contributed by atoms with Gasteiger partial charge in [-0.05, 0) is 30.7 Å². The third kappa shape index (κ3) is 1.20. The Balaban J connectivity index is 2.07. The van der Waals surface area contributed by atoms with Gasteiger partial charge in [0.05, 0.1) is 0 Å². The number of nitrogens with one attached hydrogen (secondary N) is 1. The molecule has 1 spiro atoms. The van der Waals surface area contributed by atoms with Gasteiger partial charge in [0.2, 0.25) is 0 Å². The lowest BCUT2D eigenvalue weighted by Crippen LogP contribution is -2.34. The monoisotopic (exact) mass is 153 g/mol. The fraction of sp³-hybridized carbons (Fsp3) is 1.00. The summed E-state index contributed by atoms with van der Waals surface area (Å²) in [6.07, 6.45) is 7.35. The largest absolute Gasteiger partial charge is 0.316 e. The molecule has 1 heterocycles. The second-order valence-electron chi connectivity index (χ2n) is 4.44. The molecule has 1 N–H and O–H groups in total. The molecule has 2 fully saturated rings. The predicted octanol–water partition coefficient (Wildman–Crippen LogP) is 2.18. The predicted molar refractivity (Wildman–Crippen MR) is 47.6 cm³/mol. The van der Waals surface area contributed by atoms with Crippen molar-refractivity contribution in [2.45, 2.75) is 39.0 Å². The lowest BCUT2D eigenvalue weighted by atomic mass is 9.66. The van der Waals surface area contributed by atoms with E-state index in [2.05, 4.69) is 12.2 Å². The molecule has 1 nitrogen and oxygen atoms in total. The minimum absolute atomic E-state index is 0.720. The van der Waals surface area contributed by atoms with Gasteiger partial charge in [0.25, 0.3) is 0 Å². The molecule has 1 saturated carbocycles. The minimum atomic E-state index is 0.720. The van der Waals surface area contributed by atoms with E-state index in [1.165, 1.54) is 45.2 Å². The molecule has 2 unspecified atom stereocenters. The van der Waals surface area contributed by atoms with E-state index < -0.39 is 0 Å². The Labute approximate surface area is 69.6 Å². The van der Waals surface area contributed by atoms with Crippen LogP contribution >= 0.6 is 0 Å². The first-order valence-electron chi connectivity index (χ1n) is 5.04. The molecule has 2 rings (SSSR count). The molecule has 0 amide bonds. The highest BCUT2D eigenvalue weighted by atomic mass is 14.9. The zero-order valence-electron chi connectivity index (χ0n) is 7.53. The van der Waals surface area contributed by atoms with Crippen LogP contribution in [0.4, 0.5) is 0 Å². The van der Waals surface area contributed by atoms with Crippen molar-refractivity contribution in [1.29, 1.82) is 0 Å². The third-order valence-corrected chi connectivity index (χ3v) is 3.88. The highest BCUT2D eigenvalue weighted by molar-refractivity contribution is 4.93. The van der Waals surface area contributed by atoms with Crippen molar-refractivity contribution in [1.82, 2.24) is 5.32 Å². The zero-order chi connectivity index (χ0) is 7.73. The molecule has 2 aliphatic rings. The summed E-state index contributed by atoms with van der Waals surface area (Å²) in [6.45, 7) is 5.02. The second kappa shape index (κ2) is 2.78. The first-order chi connectivity index (χ1) is 5.33. The summed E-state index contributed by atoms with van der Waals surface area (Å²) in [7, 11) is 0. The topological polar surface area (TPSA) is 12.0 Å². The summed E-state index contributed by atoms with van der Waals surface area (Å²) in [4.78, 5) is 0. The molecule has 1 aliphatic heterocycles. The van der Waals surface area contributed by atoms with Crippen LogP contribution in [0.5, 0.6) is 0 Å². The van der Waals surface area contributed by atoms with Gasteiger partial charge in [0, 0.05) is 6.54 Å². The molecule has 0 aromatic carbocycles. The van der Waals surface area contributed by atoms with E-state index in [9.17, 15) is 0 Å². The summed E-state index contributed by atoms with van der Waals surface area (Å²) in [6, 6.07) is 0. The van der Waals surface area contributed by atoms with Crippen molar-refractivity contribution >= 4 is 0 Å². The smallest absolute Gasteiger partial charge is 0.00108 e. The van der Waals surface area contributed by atoms with Gasteiger partial charge in [-0.3, -0.25) is 0 Å². The van der Waals surface area contributed by atoms with Gasteiger partial charge in [0.15, 0.2) is 0 Å². The van der Waals surface area contributed by atoms with Gasteiger partial charge in [-0.25, -0.2) is 0 Å². The average molecular weight is 153 g/mol. The third-order valence-electron chi connectivity index (χ3n) is 3.88. The van der Waals surface area contributed by atoms with Gasteiger partial charge >= 0.3 is 0 Å². The highest BCUT2D eigenvalue weighted by Crippen LogP contribution is 2.44. The Morgan fingerprint density at radius 1 is 1.27 bits per heavy atom. The fourth-order valence-corrected chi connectivity index (χ4v) is 2.88. The van der Waals surface area contributed by atoms with E-state index in [0.29, 0.717) is 0 Å². The van der Waals surface area contributed by atoms with Gasteiger partial charge in [-0.15, -0.1) is 0 Å². The highest BCUT2D eigenvalue weighted by Gasteiger charge is 2.39. The van der Waals surface area contributed by atoms with Crippen molar-refractivity contribution in [3.63, 3.8) is 0 Å². The van der Waals surface area contributed by atoms with Crippen LogP contribution in [-0.4, -0.2) is 13.1 Å². The number of hydrogen-bond acceptors (Lipinski definition) is 1. The molecular weight excluding hydrogens is 134 g/mol. The van der Waals surface area contributed by atoms with Crippen LogP contribution in [0.1, 0.15) is 39.0 Å². The molecule has 0 radical (unpaired) electrons. The molecule has 2 atom stereocenters. The molecule has 1 heteroatoms. The summed E-state index contributed by atoms with van der Waals surface area (Å²) < 4.78 is 0. The fourth-order valence-electron chi connectivity index (χ4n) is 2.88. The van der Waals surface area contributed by atoms with Crippen LogP contribution in [0.25, 0.3) is 0 Å². The quantitative estimate of drug-likeness (QED) is 0.562. The number of hydrogen-bond donors (Lipinski definition) is 1. The Kier molecular flexibility index (Phi) is 1.92. The van der Waals surface area contributed by atoms with Crippen LogP contribution < -0.4 is 5.32 Å². The van der Waals surface area contributed by atoms with E-state index in [-0.39, 0.29) is 0 Å². The maximum absolute atomic E-state index is 3.51. The normalized spacial score (nSPS) is 45.0. The van der Waals surface area contributed by atoms with Crippen LogP contribution in [0.15, 0.2) is 0 Å². The molecular formula is C10H19N. The van der Waals surface area contributed by atoms with Crippen LogP contribution in [0.2, 0.25) is 0 Å². The second-order valence-corrected chi connectivity index (χ2v) is 4.44. The van der Waals surface area contributed by atoms with Gasteiger partial charge < -0.3 is 5.32 Å². The summed E-state index contributed by atoms with van der Waals surface area (Å²) in [5, 5.41) is 3.51. The molecule has 11 heavy (non-hydrogen) atoms. The minimum Gasteiger partial charge on any atom is -0.316 e. The Bertz CT molecular complexity index is 136. The maximum Gasteiger partial charge on any atom is 0.00108 e. The lowest BCUT2D eigenvalue weighted by Gasteiger charge is -2.39. The van der Waals surface area contributed by atoms with E-state index in [1.54, 1.807) is 0 Å². The van der Waals surface area contributed by atoms with Crippen molar-refractivity contribution in [3.8, 4) is 0 Å². The van der Waals surface area contributed by atoms with Crippen LogP contribution in [0, 0.1) is 11.3 Å². The first kappa shape index (κ1) is 7.60. The van der Waals surface area contributed by atoms with Gasteiger partial charge in [-0.2, -0.15) is 0 Å². The van der Waals surface area contributed by atoms with Crippen molar-refractivity contribution in [2.24, 2.45) is 11.3 Å². The molecule has 0 aromatic rings. The van der Waals surface area contributed by atoms with E-state index in [0.717, 1.165) is 11.3 Å². The van der Waals surface area contributed by atoms with Gasteiger partial charge in [0.1, 0.15) is 0 Å². The average Bonchev–Trinajstić information content (AvgIpc) is 2.46. The summed E-state index contributed by atoms with van der Waals surface area (Å²) >= 11 is 0. The molecule has 0 aromatic heterocycles. The Morgan fingerprint density at radius 3 is 2.82 bits per heavy atom. The van der Waals surface area contributed by atoms with Crippen molar-refractivity contribution in [2.75, 3.05) is 13.1 Å². The number of rotatable bonds is 0. The first-order valence-corrected chi connectivity index (χ1v) is 5.04. The Hall–Kier alpha value is -0.0400. The zero-order valence-corrected chi connectivity index (χ0v) is 7.53. The summed E-state index contributed by atoms with van der Waals surface area (Å²) in [5.41, 5.74) is 0.720. The standard InChI is InChI=1S/C10H19N/c1-9-4-2-3-5-10(9)6-7-11-8-10/h9,11H,2-8H2,1H3. The van der Waals surface area contributed by atoms with E-state index in [4.69, 9.17) is 0 Å². The van der Waals surface area contributed by atoms with E-state index >= 15 is 0 Å². The maximum atomic E-state index is 3.51. The van der Waals surface area contributed by atoms with Gasteiger partial charge in [-0.1, -0.05) is 26.2 Å². The molecule has 64 valence electrons.